The van der Waals surface area contributed by atoms with Crippen LogP contribution in [-0.2, 0) is 14.0 Å². The van der Waals surface area contributed by atoms with E-state index in [0.717, 1.165) is 12.0 Å². The fourth-order valence-electron chi connectivity index (χ4n) is 5.60. The van der Waals surface area contributed by atoms with E-state index in [1.807, 2.05) is 32.9 Å². The minimum atomic E-state index is -2.76. The molecule has 4 heteroatoms. The third-order valence-corrected chi connectivity index (χ3v) is 13.5. The molecule has 1 aliphatic rings. The molecule has 2 aromatic rings. The van der Waals surface area contributed by atoms with Gasteiger partial charge in [-0.1, -0.05) is 114 Å². The number of rotatable bonds is 5. The van der Waals surface area contributed by atoms with Crippen molar-refractivity contribution in [2.75, 3.05) is 0 Å². The summed E-state index contributed by atoms with van der Waals surface area (Å²) in [5, 5.41) is 2.46. The van der Waals surface area contributed by atoms with E-state index in [0.29, 0.717) is 17.9 Å². The lowest BCUT2D eigenvalue weighted by Gasteiger charge is -2.47. The zero-order chi connectivity index (χ0) is 28.8. The Kier molecular flexibility index (Phi) is 10.4. The number of carbonyl (C=O) groups excluding carboxylic acids is 1. The summed E-state index contributed by atoms with van der Waals surface area (Å²) in [5.41, 5.74) is 2.94. The molecule has 0 saturated carbocycles. The molecule has 0 aromatic heterocycles. The van der Waals surface area contributed by atoms with Crippen LogP contribution in [0.25, 0.3) is 0 Å². The summed E-state index contributed by atoms with van der Waals surface area (Å²) in [6, 6.07) is 21.7. The lowest BCUT2D eigenvalue weighted by Crippen LogP contribution is -2.68. The molecular weight excluding hydrogens is 496 g/mol. The third-order valence-electron chi connectivity index (χ3n) is 8.53. The average Bonchev–Trinajstić information content (AvgIpc) is 2.93. The molecule has 0 N–H and O–H groups in total. The van der Waals surface area contributed by atoms with Crippen LogP contribution in [0.1, 0.15) is 75.2 Å². The highest BCUT2D eigenvalue weighted by Gasteiger charge is 2.52. The van der Waals surface area contributed by atoms with Gasteiger partial charge in [0.2, 0.25) is 0 Å². The summed E-state index contributed by atoms with van der Waals surface area (Å²) in [6.07, 6.45) is 7.38. The van der Waals surface area contributed by atoms with E-state index in [-0.39, 0.29) is 29.1 Å². The highest BCUT2D eigenvalue weighted by atomic mass is 28.4. The van der Waals surface area contributed by atoms with Gasteiger partial charge in [0.1, 0.15) is 6.10 Å². The fraction of sp³-hybridized carbons (Fsp3) is 0.457. The Morgan fingerprint density at radius 1 is 0.923 bits per heavy atom. The van der Waals surface area contributed by atoms with Crippen molar-refractivity contribution in [2.24, 2.45) is 11.8 Å². The van der Waals surface area contributed by atoms with Crippen LogP contribution < -0.4 is 10.4 Å². The Bertz CT molecular complexity index is 1150. The van der Waals surface area contributed by atoms with Crippen LogP contribution in [0.2, 0.25) is 5.04 Å². The van der Waals surface area contributed by atoms with Crippen molar-refractivity contribution in [1.82, 2.24) is 0 Å². The fourth-order valence-corrected chi connectivity index (χ4v) is 10.4. The van der Waals surface area contributed by atoms with Crippen LogP contribution >= 0.6 is 0 Å². The van der Waals surface area contributed by atoms with E-state index in [4.69, 9.17) is 9.16 Å². The predicted octanol–water partition coefficient (Wildman–Crippen LogP) is 7.77. The van der Waals surface area contributed by atoms with Gasteiger partial charge in [0.15, 0.2) is 0 Å². The molecular formula is C35H48O3Si. The molecule has 4 atom stereocenters. The minimum absolute atomic E-state index is 0.0818. The standard InChI is InChI=1S/C35H48O3Si/c1-10-25(2)32-24-23-27(4)33(29(6)26(3)21-22-28(5)34(36)37-32)38-39(35(7,8)9,30-17-13-11-14-18-30)31-19-15-12-16-20-31/h10-20,22-23,26,29,32-33H,21,24H2,1-9H3/b25-10-,27-23+,28-22-/t26?,29-,32-,33-/m1/s1. The Morgan fingerprint density at radius 3 is 1.95 bits per heavy atom. The Hall–Kier alpha value is -2.69. The molecule has 3 nitrogen and oxygen atoms in total. The molecule has 39 heavy (non-hydrogen) atoms. The van der Waals surface area contributed by atoms with E-state index < -0.39 is 8.32 Å². The summed E-state index contributed by atoms with van der Waals surface area (Å²) >= 11 is 0. The summed E-state index contributed by atoms with van der Waals surface area (Å²) in [4.78, 5) is 12.8. The van der Waals surface area contributed by atoms with E-state index >= 15 is 0 Å². The number of esters is 1. The number of benzene rings is 2. The van der Waals surface area contributed by atoms with Crippen molar-refractivity contribution in [1.29, 1.82) is 0 Å². The lowest BCUT2D eigenvalue weighted by molar-refractivity contribution is -0.142. The van der Waals surface area contributed by atoms with Gasteiger partial charge in [-0.05, 0) is 72.5 Å². The third kappa shape index (κ3) is 6.91. The van der Waals surface area contributed by atoms with Gasteiger partial charge in [-0.25, -0.2) is 4.79 Å². The molecule has 0 spiro atoms. The first-order chi connectivity index (χ1) is 18.4. The van der Waals surface area contributed by atoms with Crippen LogP contribution in [0.15, 0.2) is 95.6 Å². The SMILES string of the molecule is C/C=C(/C)[C@H]1C/C=C(\C)[C@@H](O[Si](c2ccccc2)(c2ccccc2)C(C)(C)C)[C@H](C)C(C)C/C=C(/C)C(=O)O1. The lowest BCUT2D eigenvalue weighted by atomic mass is 9.84. The van der Waals surface area contributed by atoms with Gasteiger partial charge in [0, 0.05) is 12.0 Å². The topological polar surface area (TPSA) is 35.5 Å². The van der Waals surface area contributed by atoms with E-state index in [1.54, 1.807) is 0 Å². The van der Waals surface area contributed by atoms with Crippen molar-refractivity contribution in [3.05, 3.63) is 95.6 Å². The largest absolute Gasteiger partial charge is 0.454 e. The van der Waals surface area contributed by atoms with Gasteiger partial charge in [0.05, 0.1) is 6.10 Å². The Labute approximate surface area is 238 Å². The van der Waals surface area contributed by atoms with Gasteiger partial charge in [-0.15, -0.1) is 0 Å². The van der Waals surface area contributed by atoms with Crippen LogP contribution in [-0.4, -0.2) is 26.5 Å². The maximum atomic E-state index is 12.8. The van der Waals surface area contributed by atoms with Gasteiger partial charge in [-0.3, -0.25) is 0 Å². The molecule has 1 heterocycles. The van der Waals surface area contributed by atoms with E-state index in [2.05, 4.69) is 108 Å². The molecule has 1 unspecified atom stereocenters. The maximum Gasteiger partial charge on any atom is 0.333 e. The second kappa shape index (κ2) is 13.1. The number of hydrogen-bond acceptors (Lipinski definition) is 3. The summed E-state index contributed by atoms with van der Waals surface area (Å²) in [7, 11) is -2.76. The molecule has 3 rings (SSSR count). The van der Waals surface area contributed by atoms with Crippen LogP contribution in [0.3, 0.4) is 0 Å². The van der Waals surface area contributed by atoms with Crippen LogP contribution in [0.4, 0.5) is 0 Å². The molecule has 0 bridgehead atoms. The first kappa shape index (κ1) is 30.8. The first-order valence-corrected chi connectivity index (χ1v) is 16.3. The molecule has 210 valence electrons. The highest BCUT2D eigenvalue weighted by molar-refractivity contribution is 6.99. The minimum Gasteiger partial charge on any atom is -0.454 e. The molecule has 2 aromatic carbocycles. The Morgan fingerprint density at radius 2 is 1.46 bits per heavy atom. The van der Waals surface area contributed by atoms with Crippen molar-refractivity contribution < 1.29 is 14.0 Å². The number of allylic oxidation sites excluding steroid dienone is 2. The van der Waals surface area contributed by atoms with E-state index in [9.17, 15) is 4.79 Å². The van der Waals surface area contributed by atoms with Crippen LogP contribution in [0.5, 0.6) is 0 Å². The van der Waals surface area contributed by atoms with Gasteiger partial charge < -0.3 is 9.16 Å². The quantitative estimate of drug-likeness (QED) is 0.219. The zero-order valence-corrected chi connectivity index (χ0v) is 26.5. The maximum absolute atomic E-state index is 12.8. The smallest absolute Gasteiger partial charge is 0.333 e. The van der Waals surface area contributed by atoms with Gasteiger partial charge >= 0.3 is 5.97 Å². The molecule has 0 saturated heterocycles. The summed E-state index contributed by atoms with van der Waals surface area (Å²) < 4.78 is 13.7. The zero-order valence-electron chi connectivity index (χ0n) is 25.5. The predicted molar refractivity (Wildman–Crippen MR) is 167 cm³/mol. The van der Waals surface area contributed by atoms with Crippen molar-refractivity contribution in [3.63, 3.8) is 0 Å². The van der Waals surface area contributed by atoms with Crippen molar-refractivity contribution in [3.8, 4) is 0 Å². The highest BCUT2D eigenvalue weighted by Crippen LogP contribution is 2.40. The second-order valence-electron chi connectivity index (χ2n) is 12.3. The second-order valence-corrected chi connectivity index (χ2v) is 16.5. The molecule has 0 amide bonds. The van der Waals surface area contributed by atoms with Crippen molar-refractivity contribution >= 4 is 24.7 Å². The van der Waals surface area contributed by atoms with Crippen LogP contribution in [0, 0.1) is 11.8 Å². The monoisotopic (exact) mass is 544 g/mol. The van der Waals surface area contributed by atoms with Gasteiger partial charge in [-0.2, -0.15) is 0 Å². The number of ether oxygens (including phenoxy) is 1. The molecule has 1 aliphatic heterocycles. The molecule has 0 fully saturated rings. The number of hydrogen-bond donors (Lipinski definition) is 0. The summed E-state index contributed by atoms with van der Waals surface area (Å²) in [6.45, 7) is 19.7. The molecule has 0 aliphatic carbocycles. The van der Waals surface area contributed by atoms with Crippen molar-refractivity contribution in [2.45, 2.75) is 92.4 Å². The Balaban J connectivity index is 2.21. The number of cyclic esters (lactones) is 1. The van der Waals surface area contributed by atoms with Gasteiger partial charge in [0.25, 0.3) is 8.32 Å². The first-order valence-electron chi connectivity index (χ1n) is 14.4. The molecule has 0 radical (unpaired) electrons. The normalized spacial score (nSPS) is 26.8. The van der Waals surface area contributed by atoms with E-state index in [1.165, 1.54) is 15.9 Å². The number of carbonyl (C=O) groups is 1. The summed E-state index contributed by atoms with van der Waals surface area (Å²) in [5.74, 6) is 0.322. The average molecular weight is 545 g/mol.